The minimum atomic E-state index is -0.0374. The maximum Gasteiger partial charge on any atom is 0.228 e. The number of nitrogens with two attached hydrogens (primary N) is 1. The van der Waals surface area contributed by atoms with E-state index in [2.05, 4.69) is 69.5 Å². The average Bonchev–Trinajstić information content (AvgIpc) is 2.86. The molecule has 1 fully saturated rings. The predicted octanol–water partition coefficient (Wildman–Crippen LogP) is 4.94. The van der Waals surface area contributed by atoms with Gasteiger partial charge in [-0.15, -0.1) is 0 Å². The van der Waals surface area contributed by atoms with Gasteiger partial charge in [0, 0.05) is 60.9 Å². The number of pyridine rings is 1. The first-order chi connectivity index (χ1) is 17.4. The Kier molecular flexibility index (Phi) is 6.87. The molecular formula is C30H33N5O. The fourth-order valence-electron chi connectivity index (χ4n) is 4.89. The Hall–Kier alpha value is -3.90. The summed E-state index contributed by atoms with van der Waals surface area (Å²) >= 11 is 0. The highest BCUT2D eigenvalue weighted by atomic mass is 16.1. The summed E-state index contributed by atoms with van der Waals surface area (Å²) in [5.41, 5.74) is 14.1. The molecule has 0 unspecified atom stereocenters. The van der Waals surface area contributed by atoms with Gasteiger partial charge in [0.2, 0.25) is 5.91 Å². The van der Waals surface area contributed by atoms with Gasteiger partial charge in [-0.1, -0.05) is 42.0 Å². The van der Waals surface area contributed by atoms with Gasteiger partial charge < -0.3 is 16.0 Å². The molecule has 3 aromatic carbocycles. The molecule has 6 heteroatoms. The van der Waals surface area contributed by atoms with Crippen LogP contribution in [0.5, 0.6) is 0 Å². The number of nitrogens with zero attached hydrogens (tertiary/aromatic N) is 3. The van der Waals surface area contributed by atoms with Gasteiger partial charge in [-0.3, -0.25) is 14.7 Å². The first-order valence-corrected chi connectivity index (χ1v) is 12.5. The third-order valence-electron chi connectivity index (χ3n) is 6.89. The van der Waals surface area contributed by atoms with Crippen LogP contribution < -0.4 is 16.0 Å². The van der Waals surface area contributed by atoms with Gasteiger partial charge in [-0.2, -0.15) is 0 Å². The lowest BCUT2D eigenvalue weighted by atomic mass is 10.0. The Morgan fingerprint density at radius 2 is 1.64 bits per heavy atom. The molecule has 0 spiro atoms. The van der Waals surface area contributed by atoms with E-state index in [-0.39, 0.29) is 5.91 Å². The summed E-state index contributed by atoms with van der Waals surface area (Å²) in [5.74, 6) is -0.0374. The molecule has 4 aromatic rings. The van der Waals surface area contributed by atoms with Crippen LogP contribution in [0.25, 0.3) is 10.9 Å². The fraction of sp³-hybridized carbons (Fsp3) is 0.267. The largest absolute Gasteiger partial charge is 0.398 e. The molecule has 0 saturated carbocycles. The molecule has 184 valence electrons. The van der Waals surface area contributed by atoms with Crippen molar-refractivity contribution in [2.75, 3.05) is 42.1 Å². The minimum Gasteiger partial charge on any atom is -0.398 e. The number of fused-ring (bicyclic) bond motifs is 1. The third-order valence-corrected chi connectivity index (χ3v) is 6.89. The number of anilines is 3. The maximum atomic E-state index is 12.9. The predicted molar refractivity (Wildman–Crippen MR) is 148 cm³/mol. The summed E-state index contributed by atoms with van der Waals surface area (Å²) in [6.45, 7) is 8.90. The molecule has 1 amide bonds. The second-order valence-corrected chi connectivity index (χ2v) is 9.68. The molecule has 3 N–H and O–H groups in total. The Balaban J connectivity index is 1.21. The Bertz CT molecular complexity index is 1370. The van der Waals surface area contributed by atoms with Crippen molar-refractivity contribution in [2.45, 2.75) is 26.8 Å². The number of benzene rings is 3. The van der Waals surface area contributed by atoms with E-state index in [9.17, 15) is 4.79 Å². The summed E-state index contributed by atoms with van der Waals surface area (Å²) in [4.78, 5) is 22.4. The van der Waals surface area contributed by atoms with E-state index in [1.54, 1.807) is 0 Å². The van der Waals surface area contributed by atoms with Crippen LogP contribution in [0.15, 0.2) is 72.8 Å². The zero-order chi connectivity index (χ0) is 25.1. The molecule has 1 aliphatic rings. The molecule has 0 aliphatic carbocycles. The number of nitrogens with one attached hydrogen (secondary N) is 1. The lowest BCUT2D eigenvalue weighted by molar-refractivity contribution is -0.115. The van der Waals surface area contributed by atoms with Crippen LogP contribution in [0.3, 0.4) is 0 Å². The number of nitrogen functional groups attached to an aromatic ring is 1. The van der Waals surface area contributed by atoms with Crippen molar-refractivity contribution in [3.8, 4) is 0 Å². The van der Waals surface area contributed by atoms with E-state index >= 15 is 0 Å². The Morgan fingerprint density at radius 1 is 0.917 bits per heavy atom. The summed E-state index contributed by atoms with van der Waals surface area (Å²) < 4.78 is 0. The van der Waals surface area contributed by atoms with Gasteiger partial charge in [-0.05, 0) is 61.4 Å². The standard InChI is InChI=1S/C30H33N5O/c1-21-7-10-26(11-8-21)35-15-13-34(14-16-35)20-24-6-4-3-5-23(24)18-30(36)33-25-9-12-29-27(19-25)28(31)17-22(2)32-29/h3-12,17,19H,13-16,18,20H2,1-2H3,(H2,31,32)(H,33,36). The SMILES string of the molecule is Cc1ccc(N2CCN(Cc3ccccc3CC(=O)Nc3ccc4nc(C)cc(N)c4c3)CC2)cc1. The maximum absolute atomic E-state index is 12.9. The van der Waals surface area contributed by atoms with Crippen molar-refractivity contribution in [1.29, 1.82) is 0 Å². The number of carbonyl (C=O) groups is 1. The number of aryl methyl sites for hydroxylation is 2. The summed E-state index contributed by atoms with van der Waals surface area (Å²) in [6.07, 6.45) is 0.333. The number of hydrogen-bond acceptors (Lipinski definition) is 5. The van der Waals surface area contributed by atoms with Crippen LogP contribution >= 0.6 is 0 Å². The van der Waals surface area contributed by atoms with Crippen LogP contribution in [-0.2, 0) is 17.8 Å². The van der Waals surface area contributed by atoms with E-state index in [0.29, 0.717) is 12.1 Å². The second-order valence-electron chi connectivity index (χ2n) is 9.68. The molecule has 5 rings (SSSR count). The topological polar surface area (TPSA) is 74.5 Å². The highest BCUT2D eigenvalue weighted by Gasteiger charge is 2.19. The molecule has 1 saturated heterocycles. The summed E-state index contributed by atoms with van der Waals surface area (Å²) in [5, 5.41) is 3.89. The van der Waals surface area contributed by atoms with E-state index in [0.717, 1.165) is 60.6 Å². The van der Waals surface area contributed by atoms with Gasteiger partial charge in [0.25, 0.3) is 0 Å². The van der Waals surface area contributed by atoms with E-state index in [4.69, 9.17) is 5.73 Å². The van der Waals surface area contributed by atoms with E-state index in [1.807, 2.05) is 37.3 Å². The third kappa shape index (κ3) is 5.50. The number of rotatable bonds is 6. The first kappa shape index (κ1) is 23.8. The van der Waals surface area contributed by atoms with Crippen molar-refractivity contribution >= 4 is 33.9 Å². The van der Waals surface area contributed by atoms with Crippen molar-refractivity contribution < 1.29 is 4.79 Å². The summed E-state index contributed by atoms with van der Waals surface area (Å²) in [7, 11) is 0. The molecule has 0 atom stereocenters. The number of carbonyl (C=O) groups excluding carboxylic acids is 1. The molecule has 0 bridgehead atoms. The first-order valence-electron chi connectivity index (χ1n) is 12.5. The van der Waals surface area contributed by atoms with Crippen molar-refractivity contribution in [1.82, 2.24) is 9.88 Å². The fourth-order valence-corrected chi connectivity index (χ4v) is 4.89. The number of aromatic nitrogens is 1. The molecule has 0 radical (unpaired) electrons. The molecule has 2 heterocycles. The smallest absolute Gasteiger partial charge is 0.228 e. The summed E-state index contributed by atoms with van der Waals surface area (Å²) in [6, 6.07) is 24.6. The van der Waals surface area contributed by atoms with Crippen LogP contribution in [0.1, 0.15) is 22.4 Å². The zero-order valence-corrected chi connectivity index (χ0v) is 21.0. The quantitative estimate of drug-likeness (QED) is 0.410. The molecular weight excluding hydrogens is 446 g/mol. The lowest BCUT2D eigenvalue weighted by Crippen LogP contribution is -2.46. The molecule has 1 aliphatic heterocycles. The van der Waals surface area contributed by atoms with Crippen LogP contribution in [0.2, 0.25) is 0 Å². The van der Waals surface area contributed by atoms with Crippen LogP contribution in [0, 0.1) is 13.8 Å². The van der Waals surface area contributed by atoms with Crippen molar-refractivity contribution in [2.24, 2.45) is 0 Å². The number of piperazine rings is 1. The zero-order valence-electron chi connectivity index (χ0n) is 21.0. The lowest BCUT2D eigenvalue weighted by Gasteiger charge is -2.36. The van der Waals surface area contributed by atoms with E-state index < -0.39 is 0 Å². The monoisotopic (exact) mass is 479 g/mol. The van der Waals surface area contributed by atoms with Crippen LogP contribution in [0.4, 0.5) is 17.1 Å². The van der Waals surface area contributed by atoms with Gasteiger partial charge >= 0.3 is 0 Å². The number of amides is 1. The molecule has 1 aromatic heterocycles. The normalized spacial score (nSPS) is 14.2. The highest BCUT2D eigenvalue weighted by Crippen LogP contribution is 2.24. The van der Waals surface area contributed by atoms with Crippen LogP contribution in [-0.4, -0.2) is 42.0 Å². The highest BCUT2D eigenvalue weighted by molar-refractivity contribution is 5.97. The van der Waals surface area contributed by atoms with Crippen molar-refractivity contribution in [3.63, 3.8) is 0 Å². The van der Waals surface area contributed by atoms with Gasteiger partial charge in [-0.25, -0.2) is 0 Å². The minimum absolute atomic E-state index is 0.0374. The van der Waals surface area contributed by atoms with Gasteiger partial charge in [0.05, 0.1) is 11.9 Å². The second kappa shape index (κ2) is 10.4. The Labute approximate surface area is 212 Å². The Morgan fingerprint density at radius 3 is 2.39 bits per heavy atom. The average molecular weight is 480 g/mol. The van der Waals surface area contributed by atoms with Crippen molar-refractivity contribution in [3.05, 3.63) is 95.2 Å². The van der Waals surface area contributed by atoms with Gasteiger partial charge in [0.1, 0.15) is 0 Å². The van der Waals surface area contributed by atoms with E-state index in [1.165, 1.54) is 16.8 Å². The molecule has 6 nitrogen and oxygen atoms in total. The van der Waals surface area contributed by atoms with Gasteiger partial charge in [0.15, 0.2) is 0 Å². The number of hydrogen-bond donors (Lipinski definition) is 2. The molecule has 36 heavy (non-hydrogen) atoms.